The number of halogens is 1. The fraction of sp³-hybridized carbons (Fsp3) is 0.143. The highest BCUT2D eigenvalue weighted by atomic mass is 35.5. The number of carbonyl (C=O) groups excluding carboxylic acids is 2. The Morgan fingerprint density at radius 1 is 1.00 bits per heavy atom. The van der Waals surface area contributed by atoms with E-state index < -0.39 is 23.5 Å². The molecule has 0 bridgehead atoms. The van der Waals surface area contributed by atoms with E-state index in [1.807, 2.05) is 6.92 Å². The third-order valence-corrected chi connectivity index (χ3v) is 6.68. The number of aliphatic hydroxyl groups excluding tert-OH is 1. The minimum atomic E-state index is -0.991. The molecule has 1 aromatic heterocycles. The number of methoxy groups -OCH3 is 2. The van der Waals surface area contributed by atoms with Gasteiger partial charge in [0.25, 0.3) is 5.91 Å². The summed E-state index contributed by atoms with van der Waals surface area (Å²) in [5.41, 5.74) is 2.03. The van der Waals surface area contributed by atoms with E-state index >= 15 is 0 Å². The average molecular weight is 504 g/mol. The molecule has 1 N–H and O–H groups in total. The molecule has 4 aromatic rings. The molecule has 0 aliphatic carbocycles. The van der Waals surface area contributed by atoms with Crippen LogP contribution in [-0.4, -0.2) is 31.0 Å². The van der Waals surface area contributed by atoms with E-state index in [0.29, 0.717) is 38.7 Å². The number of fused-ring (bicyclic) bond motifs is 1. The summed E-state index contributed by atoms with van der Waals surface area (Å²) in [6.45, 7) is 1.84. The summed E-state index contributed by atoms with van der Waals surface area (Å²) >= 11 is 6.36. The van der Waals surface area contributed by atoms with Crippen LogP contribution < -0.4 is 14.4 Å². The van der Waals surface area contributed by atoms with Crippen molar-refractivity contribution >= 4 is 39.9 Å². The first-order valence-corrected chi connectivity index (χ1v) is 11.5. The van der Waals surface area contributed by atoms with E-state index in [1.165, 1.54) is 19.1 Å². The average Bonchev–Trinajstić information content (AvgIpc) is 3.44. The lowest BCUT2D eigenvalue weighted by Gasteiger charge is -2.28. The Bertz CT molecular complexity index is 1550. The normalized spacial score (nSPS) is 15.6. The molecular weight excluding hydrogens is 482 g/mol. The van der Waals surface area contributed by atoms with Crippen LogP contribution in [-0.2, 0) is 4.79 Å². The van der Waals surface area contributed by atoms with Crippen molar-refractivity contribution in [2.45, 2.75) is 13.0 Å². The Balaban J connectivity index is 1.70. The molecule has 5 rings (SSSR count). The predicted octanol–water partition coefficient (Wildman–Crippen LogP) is 6.19. The number of rotatable bonds is 6. The van der Waals surface area contributed by atoms with Gasteiger partial charge in [0, 0.05) is 21.7 Å². The molecule has 0 radical (unpaired) electrons. The van der Waals surface area contributed by atoms with Crippen LogP contribution in [0.25, 0.3) is 11.0 Å². The molecule has 1 unspecified atom stereocenters. The molecule has 1 aliphatic rings. The van der Waals surface area contributed by atoms with Gasteiger partial charge in [-0.3, -0.25) is 14.5 Å². The van der Waals surface area contributed by atoms with E-state index in [9.17, 15) is 14.7 Å². The van der Waals surface area contributed by atoms with Crippen LogP contribution in [0.2, 0.25) is 5.02 Å². The number of carbonyl (C=O) groups is 2. The zero-order valence-electron chi connectivity index (χ0n) is 19.7. The molecule has 3 aromatic carbocycles. The van der Waals surface area contributed by atoms with Crippen molar-refractivity contribution in [3.05, 3.63) is 100.0 Å². The van der Waals surface area contributed by atoms with E-state index in [0.717, 1.165) is 5.56 Å². The number of Topliss-reactive ketones (excluding diaryl/α,β-unsaturated/α-hetero) is 1. The highest BCUT2D eigenvalue weighted by Crippen LogP contribution is 2.45. The summed E-state index contributed by atoms with van der Waals surface area (Å²) in [5, 5.41) is 12.1. The number of aryl methyl sites for hydroxylation is 1. The van der Waals surface area contributed by atoms with Crippen LogP contribution in [0.15, 0.2) is 82.5 Å². The van der Waals surface area contributed by atoms with Crippen LogP contribution in [0.5, 0.6) is 11.5 Å². The van der Waals surface area contributed by atoms with Crippen LogP contribution in [0.3, 0.4) is 0 Å². The maximum Gasteiger partial charge on any atom is 0.294 e. The monoisotopic (exact) mass is 503 g/mol. The second-order valence-corrected chi connectivity index (χ2v) is 8.74. The molecule has 1 atom stereocenters. The van der Waals surface area contributed by atoms with Gasteiger partial charge in [0.05, 0.1) is 25.8 Å². The predicted molar refractivity (Wildman–Crippen MR) is 136 cm³/mol. The number of para-hydroxylation sites is 2. The summed E-state index contributed by atoms with van der Waals surface area (Å²) in [6.07, 6.45) is 0. The second-order valence-electron chi connectivity index (χ2n) is 8.33. The zero-order chi connectivity index (χ0) is 25.6. The number of anilines is 1. The smallest absolute Gasteiger partial charge is 0.294 e. The number of hydrogen-bond donors (Lipinski definition) is 1. The maximum atomic E-state index is 13.9. The van der Waals surface area contributed by atoms with Gasteiger partial charge in [0.2, 0.25) is 5.78 Å². The molecule has 0 saturated heterocycles. The molecule has 8 heteroatoms. The molecule has 1 amide bonds. The summed E-state index contributed by atoms with van der Waals surface area (Å²) in [7, 11) is 3.00. The molecule has 182 valence electrons. The summed E-state index contributed by atoms with van der Waals surface area (Å²) in [5.74, 6) is -1.15. The number of benzene rings is 3. The lowest BCUT2D eigenvalue weighted by molar-refractivity contribution is -0.117. The fourth-order valence-electron chi connectivity index (χ4n) is 4.46. The Labute approximate surface area is 212 Å². The van der Waals surface area contributed by atoms with Crippen molar-refractivity contribution in [2.75, 3.05) is 19.1 Å². The Kier molecular flexibility index (Phi) is 5.94. The van der Waals surface area contributed by atoms with Gasteiger partial charge in [0.15, 0.2) is 22.9 Å². The second kappa shape index (κ2) is 9.09. The molecule has 7 nitrogen and oxygen atoms in total. The van der Waals surface area contributed by atoms with Crippen molar-refractivity contribution in [1.82, 2.24) is 0 Å². The number of aliphatic hydroxyl groups is 1. The Hall–Kier alpha value is -4.23. The molecule has 0 fully saturated rings. The largest absolute Gasteiger partial charge is 0.503 e. The fourth-order valence-corrected chi connectivity index (χ4v) is 4.64. The summed E-state index contributed by atoms with van der Waals surface area (Å²) in [6, 6.07) is 18.0. The molecular formula is C28H22ClNO6. The lowest BCUT2D eigenvalue weighted by atomic mass is 9.94. The van der Waals surface area contributed by atoms with Crippen LogP contribution >= 0.6 is 11.6 Å². The standard InChI is InChI=1S/C28H22ClNO6/c1-15-11-12-17(14-19(15)29)30-24(18-8-4-5-9-20(18)34-2)23(26(32)28(30)33)25(31)22-13-16-7-6-10-21(35-3)27(16)36-22/h4-14,24,32H,1-3H3. The summed E-state index contributed by atoms with van der Waals surface area (Å²) in [4.78, 5) is 28.6. The van der Waals surface area contributed by atoms with Gasteiger partial charge in [-0.15, -0.1) is 0 Å². The van der Waals surface area contributed by atoms with Crippen molar-refractivity contribution in [3.63, 3.8) is 0 Å². The van der Waals surface area contributed by atoms with Gasteiger partial charge in [-0.05, 0) is 42.8 Å². The maximum absolute atomic E-state index is 13.9. The van der Waals surface area contributed by atoms with Gasteiger partial charge in [-0.25, -0.2) is 0 Å². The molecule has 36 heavy (non-hydrogen) atoms. The van der Waals surface area contributed by atoms with Gasteiger partial charge in [0.1, 0.15) is 5.75 Å². The minimum absolute atomic E-state index is 0.0347. The minimum Gasteiger partial charge on any atom is -0.503 e. The van der Waals surface area contributed by atoms with Crippen LogP contribution in [0.4, 0.5) is 5.69 Å². The van der Waals surface area contributed by atoms with Crippen molar-refractivity contribution in [2.24, 2.45) is 0 Å². The Morgan fingerprint density at radius 3 is 2.44 bits per heavy atom. The Morgan fingerprint density at radius 2 is 1.72 bits per heavy atom. The number of furan rings is 1. The van der Waals surface area contributed by atoms with Crippen molar-refractivity contribution < 1.29 is 28.6 Å². The quantitative estimate of drug-likeness (QED) is 0.315. The first-order valence-electron chi connectivity index (χ1n) is 11.1. The van der Waals surface area contributed by atoms with Gasteiger partial charge in [-0.2, -0.15) is 0 Å². The van der Waals surface area contributed by atoms with Crippen LogP contribution in [0, 0.1) is 6.92 Å². The SMILES string of the molecule is COc1ccccc1C1C(C(=O)c2cc3cccc(OC)c3o2)=C(O)C(=O)N1c1ccc(C)c(Cl)c1. The van der Waals surface area contributed by atoms with Gasteiger partial charge >= 0.3 is 0 Å². The van der Waals surface area contributed by atoms with Gasteiger partial charge < -0.3 is 19.0 Å². The molecule has 0 spiro atoms. The molecule has 1 aliphatic heterocycles. The number of nitrogens with zero attached hydrogens (tertiary/aromatic N) is 1. The first-order chi connectivity index (χ1) is 17.3. The van der Waals surface area contributed by atoms with E-state index in [2.05, 4.69) is 0 Å². The highest BCUT2D eigenvalue weighted by molar-refractivity contribution is 6.31. The zero-order valence-corrected chi connectivity index (χ0v) is 20.5. The van der Waals surface area contributed by atoms with Crippen molar-refractivity contribution in [1.29, 1.82) is 0 Å². The molecule has 2 heterocycles. The molecule has 0 saturated carbocycles. The van der Waals surface area contributed by atoms with E-state index in [-0.39, 0.29) is 11.3 Å². The third kappa shape index (κ3) is 3.69. The highest BCUT2D eigenvalue weighted by Gasteiger charge is 2.46. The number of amides is 1. The first kappa shape index (κ1) is 23.5. The number of ether oxygens (including phenoxy) is 2. The number of ketones is 1. The van der Waals surface area contributed by atoms with E-state index in [4.69, 9.17) is 25.5 Å². The lowest BCUT2D eigenvalue weighted by Crippen LogP contribution is -2.31. The van der Waals surface area contributed by atoms with Crippen molar-refractivity contribution in [3.8, 4) is 11.5 Å². The van der Waals surface area contributed by atoms with Gasteiger partial charge in [-0.1, -0.05) is 48.0 Å². The summed E-state index contributed by atoms with van der Waals surface area (Å²) < 4.78 is 16.8. The third-order valence-electron chi connectivity index (χ3n) is 6.27. The van der Waals surface area contributed by atoms with Crippen LogP contribution in [0.1, 0.15) is 27.7 Å². The topological polar surface area (TPSA) is 89.2 Å². The number of hydrogen-bond acceptors (Lipinski definition) is 6. The van der Waals surface area contributed by atoms with E-state index in [1.54, 1.807) is 66.7 Å².